The molecule has 2 N–H and O–H groups in total. The molecule has 0 aliphatic carbocycles. The molecule has 12 heavy (non-hydrogen) atoms. The second-order valence-corrected chi connectivity index (χ2v) is 2.38. The highest BCUT2D eigenvalue weighted by Gasteiger charge is 2.36. The van der Waals surface area contributed by atoms with Crippen LogP contribution in [0.4, 0.5) is 13.2 Å². The van der Waals surface area contributed by atoms with Gasteiger partial charge >= 0.3 is 6.18 Å². The molecule has 5 heteroatoms. The lowest BCUT2D eigenvalue weighted by molar-refractivity contribution is -0.0583. The molecule has 0 aliphatic rings. The van der Waals surface area contributed by atoms with Crippen LogP contribution in [0.25, 0.3) is 0 Å². The molecule has 0 unspecified atom stereocenters. The molecule has 0 aliphatic heterocycles. The molecule has 0 aromatic carbocycles. The fraction of sp³-hybridized carbons (Fsp3) is 0.571. The number of nitrogens with two attached hydrogens (primary N) is 1. The van der Waals surface area contributed by atoms with Gasteiger partial charge in [-0.3, -0.25) is 4.99 Å². The normalized spacial score (nSPS) is 16.0. The molecule has 0 rings (SSSR count). The zero-order valence-electron chi connectivity index (χ0n) is 7.16. The summed E-state index contributed by atoms with van der Waals surface area (Å²) in [5.41, 5.74) is 4.40. The standard InChI is InChI=1S/C7H11F3N2/c1-4(5(2)11)6(12-3)7(8,9)10/h11H2,1-3H3/b5-4-,12-6?. The average molecular weight is 180 g/mol. The minimum Gasteiger partial charge on any atom is -0.402 e. The Bertz CT molecular complexity index is 221. The molecule has 0 bridgehead atoms. The van der Waals surface area contributed by atoms with Gasteiger partial charge in [-0.1, -0.05) is 0 Å². The lowest BCUT2D eigenvalue weighted by Gasteiger charge is -2.10. The summed E-state index contributed by atoms with van der Waals surface area (Å²) < 4.78 is 36.3. The van der Waals surface area contributed by atoms with Crippen LogP contribution in [0.3, 0.4) is 0 Å². The van der Waals surface area contributed by atoms with E-state index in [0.29, 0.717) is 0 Å². The Labute approximate surface area is 69.0 Å². The van der Waals surface area contributed by atoms with E-state index in [-0.39, 0.29) is 11.3 Å². The molecule has 2 nitrogen and oxygen atoms in total. The summed E-state index contributed by atoms with van der Waals surface area (Å²) in [4.78, 5) is 3.13. The summed E-state index contributed by atoms with van der Waals surface area (Å²) in [6.45, 7) is 2.71. The Kier molecular flexibility index (Phi) is 3.30. The van der Waals surface area contributed by atoms with Crippen molar-refractivity contribution in [1.82, 2.24) is 0 Å². The van der Waals surface area contributed by atoms with Crippen molar-refractivity contribution >= 4 is 5.71 Å². The van der Waals surface area contributed by atoms with E-state index in [1.807, 2.05) is 0 Å². The highest BCUT2D eigenvalue weighted by molar-refractivity contribution is 6.04. The van der Waals surface area contributed by atoms with Crippen LogP contribution in [0.15, 0.2) is 16.3 Å². The Balaban J connectivity index is 5.00. The molecule has 70 valence electrons. The van der Waals surface area contributed by atoms with Crippen molar-refractivity contribution in [2.45, 2.75) is 20.0 Å². The van der Waals surface area contributed by atoms with Crippen molar-refractivity contribution in [3.8, 4) is 0 Å². The molecule has 0 spiro atoms. The van der Waals surface area contributed by atoms with Gasteiger partial charge in [0.2, 0.25) is 0 Å². The number of alkyl halides is 3. The van der Waals surface area contributed by atoms with Crippen molar-refractivity contribution < 1.29 is 13.2 Å². The summed E-state index contributed by atoms with van der Waals surface area (Å²) in [5.74, 6) is 0. The van der Waals surface area contributed by atoms with Gasteiger partial charge in [-0.2, -0.15) is 13.2 Å². The SMILES string of the molecule is CN=C(/C(C)=C(/C)N)C(F)(F)F. The number of halogens is 3. The molecule has 0 heterocycles. The Morgan fingerprint density at radius 1 is 1.25 bits per heavy atom. The number of aliphatic imine (C=N–C) groups is 1. The molecule has 0 saturated carbocycles. The van der Waals surface area contributed by atoms with Crippen molar-refractivity contribution in [2.24, 2.45) is 10.7 Å². The van der Waals surface area contributed by atoms with E-state index in [9.17, 15) is 13.2 Å². The first-order chi connectivity index (χ1) is 5.30. The van der Waals surface area contributed by atoms with Crippen LogP contribution in [0, 0.1) is 0 Å². The predicted molar refractivity (Wildman–Crippen MR) is 42.0 cm³/mol. The van der Waals surface area contributed by atoms with E-state index in [0.717, 1.165) is 7.05 Å². The molecule has 0 aromatic rings. The molecule has 0 aromatic heterocycles. The van der Waals surface area contributed by atoms with Gasteiger partial charge in [0, 0.05) is 12.7 Å². The number of nitrogens with zero attached hydrogens (tertiary/aromatic N) is 1. The third kappa shape index (κ3) is 2.56. The molecule has 0 saturated heterocycles. The van der Waals surface area contributed by atoms with Crippen LogP contribution in [0.5, 0.6) is 0 Å². The van der Waals surface area contributed by atoms with Gasteiger partial charge in [0.25, 0.3) is 0 Å². The highest BCUT2D eigenvalue weighted by Crippen LogP contribution is 2.22. The topological polar surface area (TPSA) is 38.4 Å². The first-order valence-electron chi connectivity index (χ1n) is 3.28. The zero-order chi connectivity index (χ0) is 9.94. The third-order valence-corrected chi connectivity index (χ3v) is 1.44. The van der Waals surface area contributed by atoms with Crippen LogP contribution in [-0.4, -0.2) is 18.9 Å². The number of allylic oxidation sites excluding steroid dienone is 2. The third-order valence-electron chi connectivity index (χ3n) is 1.44. The summed E-state index contributed by atoms with van der Waals surface area (Å²) >= 11 is 0. The Morgan fingerprint density at radius 3 is 1.75 bits per heavy atom. The van der Waals surface area contributed by atoms with E-state index in [2.05, 4.69) is 4.99 Å². The number of hydrogen-bond donors (Lipinski definition) is 1. The van der Waals surface area contributed by atoms with Gasteiger partial charge in [0.1, 0.15) is 5.71 Å². The van der Waals surface area contributed by atoms with E-state index >= 15 is 0 Å². The minimum absolute atomic E-state index is 0.0231. The quantitative estimate of drug-likeness (QED) is 0.614. The van der Waals surface area contributed by atoms with Gasteiger partial charge in [0.15, 0.2) is 0 Å². The van der Waals surface area contributed by atoms with Crippen LogP contribution in [0.2, 0.25) is 0 Å². The van der Waals surface area contributed by atoms with E-state index in [1.54, 1.807) is 0 Å². The van der Waals surface area contributed by atoms with E-state index in [1.165, 1.54) is 13.8 Å². The van der Waals surface area contributed by atoms with Crippen molar-refractivity contribution in [2.75, 3.05) is 7.05 Å². The summed E-state index contributed by atoms with van der Waals surface area (Å²) in [6, 6.07) is 0. The maximum atomic E-state index is 12.1. The molecular formula is C7H11F3N2. The predicted octanol–water partition coefficient (Wildman–Crippen LogP) is 1.87. The lowest BCUT2D eigenvalue weighted by Crippen LogP contribution is -2.25. The number of hydrogen-bond acceptors (Lipinski definition) is 2. The average Bonchev–Trinajstić information content (AvgIpc) is 1.85. The molecule has 0 fully saturated rings. The molecule has 0 radical (unpaired) electrons. The monoisotopic (exact) mass is 180 g/mol. The smallest absolute Gasteiger partial charge is 0.402 e. The molecular weight excluding hydrogens is 169 g/mol. The van der Waals surface area contributed by atoms with Crippen molar-refractivity contribution in [3.05, 3.63) is 11.3 Å². The van der Waals surface area contributed by atoms with Gasteiger partial charge in [-0.25, -0.2) is 0 Å². The first-order valence-corrected chi connectivity index (χ1v) is 3.28. The Hall–Kier alpha value is -1.00. The van der Waals surface area contributed by atoms with Gasteiger partial charge in [-0.05, 0) is 19.4 Å². The maximum Gasteiger partial charge on any atom is 0.433 e. The summed E-state index contributed by atoms with van der Waals surface area (Å²) in [7, 11) is 1.09. The fourth-order valence-electron chi connectivity index (χ4n) is 0.694. The Morgan fingerprint density at radius 2 is 1.67 bits per heavy atom. The first kappa shape index (κ1) is 11.0. The van der Waals surface area contributed by atoms with Gasteiger partial charge in [0.05, 0.1) is 0 Å². The second-order valence-electron chi connectivity index (χ2n) is 2.38. The zero-order valence-corrected chi connectivity index (χ0v) is 7.16. The van der Waals surface area contributed by atoms with Crippen LogP contribution in [0.1, 0.15) is 13.8 Å². The van der Waals surface area contributed by atoms with Crippen molar-refractivity contribution in [1.29, 1.82) is 0 Å². The van der Waals surface area contributed by atoms with Crippen LogP contribution in [-0.2, 0) is 0 Å². The van der Waals surface area contributed by atoms with Gasteiger partial charge in [-0.15, -0.1) is 0 Å². The minimum atomic E-state index is -4.42. The summed E-state index contributed by atoms with van der Waals surface area (Å²) in [6.07, 6.45) is -4.42. The van der Waals surface area contributed by atoms with E-state index < -0.39 is 11.9 Å². The van der Waals surface area contributed by atoms with Crippen molar-refractivity contribution in [3.63, 3.8) is 0 Å². The summed E-state index contributed by atoms with van der Waals surface area (Å²) in [5, 5.41) is 0. The maximum absolute atomic E-state index is 12.1. The van der Waals surface area contributed by atoms with Crippen LogP contribution < -0.4 is 5.73 Å². The molecule has 0 amide bonds. The van der Waals surface area contributed by atoms with E-state index in [4.69, 9.17) is 5.73 Å². The second kappa shape index (κ2) is 3.60. The van der Waals surface area contributed by atoms with Crippen LogP contribution >= 0.6 is 0 Å². The fourth-order valence-corrected chi connectivity index (χ4v) is 0.694. The largest absolute Gasteiger partial charge is 0.433 e. The number of rotatable bonds is 1. The highest BCUT2D eigenvalue weighted by atomic mass is 19.4. The lowest BCUT2D eigenvalue weighted by atomic mass is 10.1. The van der Waals surface area contributed by atoms with Gasteiger partial charge < -0.3 is 5.73 Å². The molecule has 0 atom stereocenters.